The van der Waals surface area contributed by atoms with Crippen LogP contribution < -0.4 is 20.1 Å². The monoisotopic (exact) mass is 595 g/mol. The number of hydrogen-bond donors (Lipinski definition) is 2. The molecule has 2 aromatic heterocycles. The minimum absolute atomic E-state index is 0.0175. The first-order chi connectivity index (χ1) is 20.7. The first-order valence-electron chi connectivity index (χ1n) is 14.4. The number of nitrogens with zero attached hydrogens (tertiary/aromatic N) is 3. The highest BCUT2D eigenvalue weighted by Gasteiger charge is 2.55. The molecule has 2 saturated heterocycles. The SMILES string of the molecule is CCOc1ncccc1-c1ccc(OC2CC3(C2)CN(C(=O)c2ccccc2C(F)(F)F)C3)c(C(=O)N[C@@H]2CCNC2)n1. The highest BCUT2D eigenvalue weighted by Crippen LogP contribution is 2.50. The number of amides is 2. The van der Waals surface area contributed by atoms with E-state index in [-0.39, 0.29) is 34.7 Å². The van der Waals surface area contributed by atoms with Crippen molar-refractivity contribution in [2.24, 2.45) is 5.41 Å². The summed E-state index contributed by atoms with van der Waals surface area (Å²) in [5.41, 5.74) is -0.132. The maximum atomic E-state index is 13.4. The maximum Gasteiger partial charge on any atom is 0.417 e. The average Bonchev–Trinajstić information content (AvgIpc) is 3.46. The molecule has 3 aliphatic rings. The van der Waals surface area contributed by atoms with Crippen LogP contribution in [0.5, 0.6) is 11.6 Å². The number of halogens is 3. The fourth-order valence-electron chi connectivity index (χ4n) is 6.14. The molecule has 9 nitrogen and oxygen atoms in total. The first-order valence-corrected chi connectivity index (χ1v) is 14.4. The lowest BCUT2D eigenvalue weighted by atomic mass is 9.61. The standard InChI is InChI=1S/C31H32F3N5O4/c1-2-42-28-22(7-5-12-36-28)24-9-10-25(26(38-24)27(40)37-19-11-13-35-16-19)43-20-14-30(15-20)17-39(18-30)29(41)21-6-3-4-8-23(21)31(32,33)34/h3-10,12,19-20,35H,2,11,13-18H2,1H3,(H,37,40)/t19-/m1/s1. The second-order valence-electron chi connectivity index (χ2n) is 11.3. The van der Waals surface area contributed by atoms with Crippen LogP contribution in [0.1, 0.15) is 52.6 Å². The highest BCUT2D eigenvalue weighted by molar-refractivity contribution is 5.97. The number of hydrogen-bond acceptors (Lipinski definition) is 7. The minimum Gasteiger partial charge on any atom is -0.488 e. The third kappa shape index (κ3) is 5.88. The summed E-state index contributed by atoms with van der Waals surface area (Å²) in [5, 5.41) is 6.27. The molecule has 0 bridgehead atoms. The molecule has 2 aliphatic heterocycles. The molecule has 3 fully saturated rings. The molecule has 12 heteroatoms. The Morgan fingerprint density at radius 3 is 2.63 bits per heavy atom. The van der Waals surface area contributed by atoms with Gasteiger partial charge in [0.05, 0.1) is 29.0 Å². The van der Waals surface area contributed by atoms with Gasteiger partial charge in [-0.2, -0.15) is 13.2 Å². The molecule has 4 heterocycles. The summed E-state index contributed by atoms with van der Waals surface area (Å²) >= 11 is 0. The molecule has 3 aromatic rings. The van der Waals surface area contributed by atoms with Gasteiger partial charge in [-0.05, 0) is 69.1 Å². The normalized spacial score (nSPS) is 19.4. The summed E-state index contributed by atoms with van der Waals surface area (Å²) in [6, 6.07) is 11.9. The van der Waals surface area contributed by atoms with E-state index in [0.29, 0.717) is 62.0 Å². The zero-order valence-electron chi connectivity index (χ0n) is 23.6. The first kappa shape index (κ1) is 28.9. The van der Waals surface area contributed by atoms with Crippen molar-refractivity contribution in [1.82, 2.24) is 25.5 Å². The molecule has 1 saturated carbocycles. The largest absolute Gasteiger partial charge is 0.488 e. The predicted molar refractivity (Wildman–Crippen MR) is 151 cm³/mol. The van der Waals surface area contributed by atoms with Crippen molar-refractivity contribution < 1.29 is 32.2 Å². The summed E-state index contributed by atoms with van der Waals surface area (Å²) in [5.74, 6) is -0.198. The van der Waals surface area contributed by atoms with Gasteiger partial charge >= 0.3 is 6.18 Å². The highest BCUT2D eigenvalue weighted by atomic mass is 19.4. The molecule has 1 aromatic carbocycles. The Hall–Kier alpha value is -4.19. The summed E-state index contributed by atoms with van der Waals surface area (Å²) in [6.07, 6.45) is -1.15. The molecular weight excluding hydrogens is 563 g/mol. The van der Waals surface area contributed by atoms with Gasteiger partial charge in [-0.1, -0.05) is 12.1 Å². The van der Waals surface area contributed by atoms with Gasteiger partial charge in [0.15, 0.2) is 11.4 Å². The van der Waals surface area contributed by atoms with E-state index in [2.05, 4.69) is 20.6 Å². The number of carbonyl (C=O) groups excluding carboxylic acids is 2. The molecule has 2 N–H and O–H groups in total. The zero-order valence-corrected chi connectivity index (χ0v) is 23.6. The smallest absolute Gasteiger partial charge is 0.417 e. The fraction of sp³-hybridized carbons (Fsp3) is 0.419. The second-order valence-corrected chi connectivity index (χ2v) is 11.3. The number of carbonyl (C=O) groups is 2. The number of rotatable bonds is 8. The summed E-state index contributed by atoms with van der Waals surface area (Å²) < 4.78 is 52.2. The molecule has 1 aliphatic carbocycles. The average molecular weight is 596 g/mol. The minimum atomic E-state index is -4.60. The third-order valence-corrected chi connectivity index (χ3v) is 8.21. The summed E-state index contributed by atoms with van der Waals surface area (Å²) in [7, 11) is 0. The van der Waals surface area contributed by atoms with E-state index in [0.717, 1.165) is 19.0 Å². The number of likely N-dealkylation sites (tertiary alicyclic amines) is 1. The Bertz CT molecular complexity index is 1510. The summed E-state index contributed by atoms with van der Waals surface area (Å²) in [6.45, 7) is 4.50. The van der Waals surface area contributed by atoms with Crippen LogP contribution in [-0.2, 0) is 6.18 Å². The second kappa shape index (κ2) is 11.5. The van der Waals surface area contributed by atoms with E-state index in [4.69, 9.17) is 9.47 Å². The van der Waals surface area contributed by atoms with Crippen molar-refractivity contribution in [3.63, 3.8) is 0 Å². The molecule has 0 unspecified atom stereocenters. The topological polar surface area (TPSA) is 106 Å². The van der Waals surface area contributed by atoms with Crippen molar-refractivity contribution in [2.75, 3.05) is 32.8 Å². The quantitative estimate of drug-likeness (QED) is 0.399. The lowest BCUT2D eigenvalue weighted by Crippen LogP contribution is -2.66. The van der Waals surface area contributed by atoms with Crippen LogP contribution >= 0.6 is 0 Å². The van der Waals surface area contributed by atoms with Gasteiger partial charge in [0.25, 0.3) is 11.8 Å². The van der Waals surface area contributed by atoms with Gasteiger partial charge in [-0.3, -0.25) is 9.59 Å². The van der Waals surface area contributed by atoms with E-state index in [9.17, 15) is 22.8 Å². The Morgan fingerprint density at radius 1 is 1.12 bits per heavy atom. The van der Waals surface area contributed by atoms with Gasteiger partial charge in [0.1, 0.15) is 6.10 Å². The third-order valence-electron chi connectivity index (χ3n) is 8.21. The predicted octanol–water partition coefficient (Wildman–Crippen LogP) is 4.34. The lowest BCUT2D eigenvalue weighted by molar-refractivity contribution is -0.138. The summed E-state index contributed by atoms with van der Waals surface area (Å²) in [4.78, 5) is 36.7. The van der Waals surface area contributed by atoms with Gasteiger partial charge in [-0.15, -0.1) is 0 Å². The van der Waals surface area contributed by atoms with Crippen molar-refractivity contribution >= 4 is 11.8 Å². The molecule has 226 valence electrons. The van der Waals surface area contributed by atoms with Gasteiger partial charge in [0.2, 0.25) is 5.88 Å². The van der Waals surface area contributed by atoms with Gasteiger partial charge in [-0.25, -0.2) is 9.97 Å². The molecule has 1 atom stereocenters. The van der Waals surface area contributed by atoms with Crippen LogP contribution in [0, 0.1) is 5.41 Å². The van der Waals surface area contributed by atoms with Crippen LogP contribution in [0.25, 0.3) is 11.3 Å². The van der Waals surface area contributed by atoms with Gasteiger partial charge in [0, 0.05) is 37.3 Å². The van der Waals surface area contributed by atoms with E-state index in [1.807, 2.05) is 13.0 Å². The van der Waals surface area contributed by atoms with Crippen molar-refractivity contribution in [2.45, 2.75) is 44.5 Å². The van der Waals surface area contributed by atoms with Crippen LogP contribution in [-0.4, -0.2) is 71.6 Å². The van der Waals surface area contributed by atoms with Crippen LogP contribution in [0.4, 0.5) is 13.2 Å². The maximum absolute atomic E-state index is 13.4. The van der Waals surface area contributed by atoms with Crippen LogP contribution in [0.3, 0.4) is 0 Å². The molecule has 43 heavy (non-hydrogen) atoms. The Balaban J connectivity index is 1.15. The number of aromatic nitrogens is 2. The van der Waals surface area contributed by atoms with Gasteiger partial charge < -0.3 is 25.0 Å². The Morgan fingerprint density at radius 2 is 1.91 bits per heavy atom. The van der Waals surface area contributed by atoms with Crippen LogP contribution in [0.2, 0.25) is 0 Å². The fourth-order valence-corrected chi connectivity index (χ4v) is 6.14. The molecule has 2 amide bonds. The number of pyridine rings is 2. The van der Waals surface area contributed by atoms with Crippen molar-refractivity contribution in [3.8, 4) is 22.9 Å². The van der Waals surface area contributed by atoms with E-state index in [1.54, 1.807) is 24.4 Å². The number of ether oxygens (including phenoxy) is 2. The van der Waals surface area contributed by atoms with Crippen molar-refractivity contribution in [3.05, 3.63) is 71.5 Å². The Kier molecular flexibility index (Phi) is 7.72. The molecule has 6 rings (SSSR count). The molecule has 0 radical (unpaired) electrons. The lowest BCUT2D eigenvalue weighted by Gasteiger charge is -2.58. The number of alkyl halides is 3. The number of benzene rings is 1. The number of nitrogens with one attached hydrogen (secondary N) is 2. The molecular formula is C31H32F3N5O4. The van der Waals surface area contributed by atoms with Crippen molar-refractivity contribution in [1.29, 1.82) is 0 Å². The Labute approximate surface area is 246 Å². The van der Waals surface area contributed by atoms with E-state index < -0.39 is 17.6 Å². The van der Waals surface area contributed by atoms with E-state index in [1.165, 1.54) is 23.1 Å². The van der Waals surface area contributed by atoms with Crippen LogP contribution in [0.15, 0.2) is 54.7 Å². The zero-order chi connectivity index (χ0) is 30.2. The van der Waals surface area contributed by atoms with E-state index >= 15 is 0 Å². The molecule has 1 spiro atoms.